The van der Waals surface area contributed by atoms with Crippen molar-refractivity contribution in [3.8, 4) is 0 Å². The number of hydrogen-bond acceptors (Lipinski definition) is 5. The molecule has 2 heterocycles. The van der Waals surface area contributed by atoms with Gasteiger partial charge in [0.1, 0.15) is 6.29 Å². The van der Waals surface area contributed by atoms with Crippen LogP contribution in [-0.4, -0.2) is 43.1 Å². The maximum Gasteiger partial charge on any atom is 0.261 e. The molecule has 3 rings (SSSR count). The second-order valence-corrected chi connectivity index (χ2v) is 7.24. The molecule has 1 aromatic heterocycles. The minimum Gasteiger partial charge on any atom is -0.356 e. The Kier molecular flexibility index (Phi) is 5.62. The molecule has 1 fully saturated rings. The summed E-state index contributed by atoms with van der Waals surface area (Å²) in [6.07, 6.45) is 1.55. The van der Waals surface area contributed by atoms with E-state index in [1.807, 2.05) is 24.3 Å². The maximum atomic E-state index is 12.2. The standard InChI is InChI=1S/C18H19N3O4S/c22-10-13(7-12-5-6-19-17(12)24)21-16(23)9-20-18(25)15-8-11-3-1-2-4-14(11)26-15/h1-4,8,10,12-13H,5-7,9H2,(H,19,24)(H,20,25)(H,21,23). The van der Waals surface area contributed by atoms with Crippen LogP contribution in [0.4, 0.5) is 0 Å². The van der Waals surface area contributed by atoms with Gasteiger partial charge in [0.05, 0.1) is 17.5 Å². The molecule has 0 bridgehead atoms. The number of hydrogen-bond donors (Lipinski definition) is 3. The third kappa shape index (κ3) is 4.26. The van der Waals surface area contributed by atoms with Crippen LogP contribution in [0, 0.1) is 5.92 Å². The Morgan fingerprint density at radius 2 is 2.15 bits per heavy atom. The summed E-state index contributed by atoms with van der Waals surface area (Å²) >= 11 is 1.35. The van der Waals surface area contributed by atoms with Gasteiger partial charge < -0.3 is 20.7 Å². The number of nitrogens with one attached hydrogen (secondary N) is 3. The first-order valence-electron chi connectivity index (χ1n) is 8.36. The lowest BCUT2D eigenvalue weighted by molar-refractivity contribution is -0.125. The molecule has 2 aromatic rings. The average Bonchev–Trinajstić information content (AvgIpc) is 3.25. The van der Waals surface area contributed by atoms with Crippen LogP contribution in [0.15, 0.2) is 30.3 Å². The van der Waals surface area contributed by atoms with E-state index in [0.29, 0.717) is 24.1 Å². The summed E-state index contributed by atoms with van der Waals surface area (Å²) in [5.41, 5.74) is 0. The maximum absolute atomic E-state index is 12.2. The molecule has 0 radical (unpaired) electrons. The molecule has 1 aliphatic heterocycles. The predicted octanol–water partition coefficient (Wildman–Crippen LogP) is 0.841. The number of fused-ring (bicyclic) bond motifs is 1. The van der Waals surface area contributed by atoms with Crippen LogP contribution in [0.3, 0.4) is 0 Å². The van der Waals surface area contributed by atoms with Crippen molar-refractivity contribution in [2.24, 2.45) is 5.92 Å². The van der Waals surface area contributed by atoms with Gasteiger partial charge in [-0.15, -0.1) is 11.3 Å². The van der Waals surface area contributed by atoms with Crippen LogP contribution in [0.1, 0.15) is 22.5 Å². The largest absolute Gasteiger partial charge is 0.356 e. The number of aldehydes is 1. The Labute approximate surface area is 154 Å². The lowest BCUT2D eigenvalue weighted by Crippen LogP contribution is -2.43. The third-order valence-electron chi connectivity index (χ3n) is 4.27. The zero-order valence-corrected chi connectivity index (χ0v) is 14.8. The first-order valence-corrected chi connectivity index (χ1v) is 9.17. The average molecular weight is 373 g/mol. The van der Waals surface area contributed by atoms with Crippen molar-refractivity contribution >= 4 is 45.4 Å². The van der Waals surface area contributed by atoms with Gasteiger partial charge in [-0.05, 0) is 30.4 Å². The predicted molar refractivity (Wildman–Crippen MR) is 97.9 cm³/mol. The van der Waals surface area contributed by atoms with Gasteiger partial charge in [-0.25, -0.2) is 0 Å². The van der Waals surface area contributed by atoms with E-state index in [-0.39, 0.29) is 30.7 Å². The molecule has 7 nitrogen and oxygen atoms in total. The van der Waals surface area contributed by atoms with E-state index in [2.05, 4.69) is 16.0 Å². The van der Waals surface area contributed by atoms with Crippen LogP contribution < -0.4 is 16.0 Å². The van der Waals surface area contributed by atoms with Gasteiger partial charge in [-0.1, -0.05) is 18.2 Å². The molecule has 3 amide bonds. The molecule has 2 unspecified atom stereocenters. The number of carbonyl (C=O) groups is 4. The van der Waals surface area contributed by atoms with Gasteiger partial charge in [0.25, 0.3) is 5.91 Å². The Hall–Kier alpha value is -2.74. The van der Waals surface area contributed by atoms with E-state index < -0.39 is 11.9 Å². The first-order chi connectivity index (χ1) is 12.6. The minimum absolute atomic E-state index is 0.0934. The normalized spacial score (nSPS) is 17.5. The fraction of sp³-hybridized carbons (Fsp3) is 0.333. The first kappa shape index (κ1) is 18.1. The van der Waals surface area contributed by atoms with E-state index >= 15 is 0 Å². The van der Waals surface area contributed by atoms with Gasteiger partial charge >= 0.3 is 0 Å². The highest BCUT2D eigenvalue weighted by molar-refractivity contribution is 7.20. The molecular weight excluding hydrogens is 354 g/mol. The molecule has 1 aromatic carbocycles. The smallest absolute Gasteiger partial charge is 0.261 e. The Morgan fingerprint density at radius 1 is 1.35 bits per heavy atom. The Bertz CT molecular complexity index is 815. The van der Waals surface area contributed by atoms with Gasteiger partial charge in [0.15, 0.2) is 0 Å². The summed E-state index contributed by atoms with van der Waals surface area (Å²) in [5.74, 6) is -1.16. The van der Waals surface area contributed by atoms with Crippen LogP contribution >= 0.6 is 11.3 Å². The summed E-state index contributed by atoms with van der Waals surface area (Å²) < 4.78 is 0.998. The molecule has 26 heavy (non-hydrogen) atoms. The molecule has 0 saturated carbocycles. The van der Waals surface area contributed by atoms with E-state index in [1.165, 1.54) is 11.3 Å². The molecular formula is C18H19N3O4S. The van der Waals surface area contributed by atoms with Crippen LogP contribution in [0.25, 0.3) is 10.1 Å². The van der Waals surface area contributed by atoms with Crippen molar-refractivity contribution < 1.29 is 19.2 Å². The summed E-state index contributed by atoms with van der Waals surface area (Å²) in [5, 5.41) is 8.78. The second kappa shape index (κ2) is 8.09. The molecule has 1 saturated heterocycles. The SMILES string of the molecule is O=CC(CC1CCNC1=O)NC(=O)CNC(=O)c1cc2ccccc2s1. The fourth-order valence-corrected chi connectivity index (χ4v) is 3.90. The molecule has 136 valence electrons. The summed E-state index contributed by atoms with van der Waals surface area (Å²) in [6.45, 7) is 0.364. The monoisotopic (exact) mass is 373 g/mol. The van der Waals surface area contributed by atoms with E-state index in [1.54, 1.807) is 6.07 Å². The molecule has 1 aliphatic rings. The lowest BCUT2D eigenvalue weighted by Gasteiger charge is -2.15. The Morgan fingerprint density at radius 3 is 2.85 bits per heavy atom. The van der Waals surface area contributed by atoms with Crippen LogP contribution in [0.5, 0.6) is 0 Å². The third-order valence-corrected chi connectivity index (χ3v) is 5.39. The zero-order chi connectivity index (χ0) is 18.5. The molecule has 3 N–H and O–H groups in total. The van der Waals surface area contributed by atoms with Gasteiger partial charge in [-0.3, -0.25) is 14.4 Å². The van der Waals surface area contributed by atoms with Crippen molar-refractivity contribution in [3.63, 3.8) is 0 Å². The van der Waals surface area contributed by atoms with Crippen LogP contribution in [0.2, 0.25) is 0 Å². The van der Waals surface area contributed by atoms with E-state index in [4.69, 9.17) is 0 Å². The van der Waals surface area contributed by atoms with Crippen molar-refractivity contribution in [3.05, 3.63) is 35.2 Å². The summed E-state index contributed by atoms with van der Waals surface area (Å²) in [6, 6.07) is 8.69. The number of thiophene rings is 1. The van der Waals surface area contributed by atoms with Crippen molar-refractivity contribution in [1.29, 1.82) is 0 Å². The van der Waals surface area contributed by atoms with Crippen molar-refractivity contribution in [2.45, 2.75) is 18.9 Å². The number of carbonyl (C=O) groups excluding carboxylic acids is 4. The summed E-state index contributed by atoms with van der Waals surface area (Å²) in [7, 11) is 0. The summed E-state index contributed by atoms with van der Waals surface area (Å²) in [4.78, 5) is 47.4. The highest BCUT2D eigenvalue weighted by Crippen LogP contribution is 2.24. The number of amides is 3. The van der Waals surface area contributed by atoms with E-state index in [0.717, 1.165) is 10.1 Å². The van der Waals surface area contributed by atoms with E-state index in [9.17, 15) is 19.2 Å². The van der Waals surface area contributed by atoms with Gasteiger partial charge in [-0.2, -0.15) is 0 Å². The topological polar surface area (TPSA) is 104 Å². The lowest BCUT2D eigenvalue weighted by atomic mass is 9.99. The molecule has 2 atom stereocenters. The highest BCUT2D eigenvalue weighted by Gasteiger charge is 2.27. The van der Waals surface area contributed by atoms with Gasteiger partial charge in [0.2, 0.25) is 11.8 Å². The quantitative estimate of drug-likeness (QED) is 0.626. The molecule has 0 aliphatic carbocycles. The number of benzene rings is 1. The number of rotatable bonds is 7. The fourth-order valence-electron chi connectivity index (χ4n) is 2.92. The molecule has 8 heteroatoms. The Balaban J connectivity index is 1.50. The van der Waals surface area contributed by atoms with Crippen molar-refractivity contribution in [1.82, 2.24) is 16.0 Å². The second-order valence-electron chi connectivity index (χ2n) is 6.15. The minimum atomic E-state index is -0.738. The van der Waals surface area contributed by atoms with Crippen molar-refractivity contribution in [2.75, 3.05) is 13.1 Å². The zero-order valence-electron chi connectivity index (χ0n) is 14.0. The highest BCUT2D eigenvalue weighted by atomic mass is 32.1. The van der Waals surface area contributed by atoms with Gasteiger partial charge in [0, 0.05) is 17.2 Å². The molecule has 0 spiro atoms. The van der Waals surface area contributed by atoms with Crippen LogP contribution in [-0.2, 0) is 14.4 Å².